The molecule has 0 spiro atoms. The number of benzene rings is 2. The van der Waals surface area contributed by atoms with Crippen LogP contribution in [-0.4, -0.2) is 51.9 Å². The number of hydrogen-bond acceptors (Lipinski definition) is 6. The van der Waals surface area contributed by atoms with Crippen molar-refractivity contribution in [1.82, 2.24) is 4.31 Å². The minimum absolute atomic E-state index is 0.0361. The molecule has 2 aromatic carbocycles. The molecule has 0 fully saturated rings. The van der Waals surface area contributed by atoms with Crippen LogP contribution in [-0.2, 0) is 19.6 Å². The first-order chi connectivity index (χ1) is 13.2. The van der Waals surface area contributed by atoms with Gasteiger partial charge in [-0.1, -0.05) is 18.2 Å². The summed E-state index contributed by atoms with van der Waals surface area (Å²) >= 11 is 0. The molecular weight excluding hydrogens is 384 g/mol. The highest BCUT2D eigenvalue weighted by Gasteiger charge is 2.22. The summed E-state index contributed by atoms with van der Waals surface area (Å²) in [7, 11) is 0.625. The van der Waals surface area contributed by atoms with Gasteiger partial charge in [0.2, 0.25) is 10.0 Å². The molecule has 28 heavy (non-hydrogen) atoms. The molecule has 8 nitrogen and oxygen atoms in total. The van der Waals surface area contributed by atoms with Gasteiger partial charge < -0.3 is 14.8 Å². The minimum Gasteiger partial charge on any atom is -0.496 e. The van der Waals surface area contributed by atoms with Crippen LogP contribution in [0.3, 0.4) is 0 Å². The predicted molar refractivity (Wildman–Crippen MR) is 104 cm³/mol. The number of methoxy groups -OCH3 is 1. The van der Waals surface area contributed by atoms with Crippen LogP contribution >= 0.6 is 0 Å². The van der Waals surface area contributed by atoms with Gasteiger partial charge in [0, 0.05) is 19.8 Å². The molecule has 0 aromatic heterocycles. The van der Waals surface area contributed by atoms with Gasteiger partial charge in [0.05, 0.1) is 12.0 Å². The smallest absolute Gasteiger partial charge is 0.342 e. The van der Waals surface area contributed by atoms with E-state index >= 15 is 0 Å². The predicted octanol–water partition coefficient (Wildman–Crippen LogP) is 2.13. The van der Waals surface area contributed by atoms with Gasteiger partial charge in [-0.25, -0.2) is 17.5 Å². The Kier molecular flexibility index (Phi) is 6.76. The van der Waals surface area contributed by atoms with E-state index in [9.17, 15) is 18.0 Å². The lowest BCUT2D eigenvalue weighted by atomic mass is 10.2. The lowest BCUT2D eigenvalue weighted by Gasteiger charge is -2.16. The summed E-state index contributed by atoms with van der Waals surface area (Å²) in [6.07, 6.45) is -1.11. The molecule has 1 atom stereocenters. The molecule has 1 amide bonds. The molecular formula is C19H22N2O6S. The number of nitrogens with zero attached hydrogens (tertiary/aromatic N) is 1. The third-order valence-corrected chi connectivity index (χ3v) is 5.67. The number of hydrogen-bond donors (Lipinski definition) is 1. The molecule has 2 rings (SSSR count). The molecule has 0 unspecified atom stereocenters. The Labute approximate surface area is 164 Å². The van der Waals surface area contributed by atoms with Crippen LogP contribution in [0.5, 0.6) is 5.75 Å². The summed E-state index contributed by atoms with van der Waals surface area (Å²) in [5.74, 6) is -0.964. The first kappa shape index (κ1) is 21.4. The summed E-state index contributed by atoms with van der Waals surface area (Å²) in [6, 6.07) is 12.3. The van der Waals surface area contributed by atoms with Crippen molar-refractivity contribution in [3.63, 3.8) is 0 Å². The van der Waals surface area contributed by atoms with Crippen molar-refractivity contribution in [3.05, 3.63) is 54.1 Å². The SMILES string of the molecule is COc1ccccc1C(=O)O[C@@H](C)C(=O)Nc1cccc(S(=O)(=O)N(C)C)c1. The van der Waals surface area contributed by atoms with Gasteiger partial charge in [0.15, 0.2) is 6.10 Å². The van der Waals surface area contributed by atoms with Gasteiger partial charge in [-0.15, -0.1) is 0 Å². The summed E-state index contributed by atoms with van der Waals surface area (Å²) in [5.41, 5.74) is 0.469. The molecule has 0 saturated carbocycles. The highest BCUT2D eigenvalue weighted by atomic mass is 32.2. The highest BCUT2D eigenvalue weighted by Crippen LogP contribution is 2.20. The standard InChI is InChI=1S/C19H22N2O6S/c1-13(27-19(23)16-10-5-6-11-17(16)26-4)18(22)20-14-8-7-9-15(12-14)28(24,25)21(2)3/h5-13H,1-4H3,(H,20,22)/t13-/m0/s1. The van der Waals surface area contributed by atoms with Crippen LogP contribution in [0.1, 0.15) is 17.3 Å². The normalized spacial score (nSPS) is 12.3. The lowest BCUT2D eigenvalue weighted by Crippen LogP contribution is -2.30. The molecule has 0 saturated heterocycles. The van der Waals surface area contributed by atoms with E-state index in [2.05, 4.69) is 5.32 Å². The first-order valence-corrected chi connectivity index (χ1v) is 9.78. The van der Waals surface area contributed by atoms with E-state index in [0.717, 1.165) is 4.31 Å². The molecule has 2 aromatic rings. The van der Waals surface area contributed by atoms with Crippen LogP contribution in [0.2, 0.25) is 0 Å². The molecule has 1 N–H and O–H groups in total. The molecule has 0 aliphatic carbocycles. The maximum absolute atomic E-state index is 12.3. The third-order valence-electron chi connectivity index (χ3n) is 3.86. The second-order valence-corrected chi connectivity index (χ2v) is 8.20. The Morgan fingerprint density at radius 1 is 1.07 bits per heavy atom. The Bertz CT molecular complexity index is 972. The van der Waals surface area contributed by atoms with Crippen LogP contribution in [0, 0.1) is 0 Å². The number of carbonyl (C=O) groups is 2. The molecule has 0 radical (unpaired) electrons. The second-order valence-electron chi connectivity index (χ2n) is 6.05. The molecule has 9 heteroatoms. The molecule has 0 heterocycles. The number of carbonyl (C=O) groups excluding carboxylic acids is 2. The largest absolute Gasteiger partial charge is 0.496 e. The van der Waals surface area contributed by atoms with E-state index in [1.807, 2.05) is 0 Å². The van der Waals surface area contributed by atoms with Gasteiger partial charge >= 0.3 is 5.97 Å². The van der Waals surface area contributed by atoms with Crippen molar-refractivity contribution in [3.8, 4) is 5.75 Å². The number of amides is 1. The first-order valence-electron chi connectivity index (χ1n) is 8.34. The van der Waals surface area contributed by atoms with Gasteiger partial charge in [-0.3, -0.25) is 4.79 Å². The van der Waals surface area contributed by atoms with E-state index in [1.54, 1.807) is 24.3 Å². The van der Waals surface area contributed by atoms with Crippen LogP contribution in [0.15, 0.2) is 53.4 Å². The summed E-state index contributed by atoms with van der Waals surface area (Å²) in [6.45, 7) is 1.42. The average Bonchev–Trinajstić information content (AvgIpc) is 2.67. The average molecular weight is 406 g/mol. The van der Waals surface area contributed by atoms with Crippen molar-refractivity contribution in [2.24, 2.45) is 0 Å². The van der Waals surface area contributed by atoms with Gasteiger partial charge in [-0.2, -0.15) is 0 Å². The molecule has 0 aliphatic rings. The Hall–Kier alpha value is -2.91. The maximum atomic E-state index is 12.3. The third kappa shape index (κ3) is 4.87. The number of nitrogens with one attached hydrogen (secondary N) is 1. The fourth-order valence-electron chi connectivity index (χ4n) is 2.28. The van der Waals surface area contributed by atoms with Crippen molar-refractivity contribution < 1.29 is 27.5 Å². The Morgan fingerprint density at radius 3 is 2.39 bits per heavy atom. The Morgan fingerprint density at radius 2 is 1.75 bits per heavy atom. The fourth-order valence-corrected chi connectivity index (χ4v) is 3.23. The number of anilines is 1. The number of esters is 1. The zero-order chi connectivity index (χ0) is 20.9. The van der Waals surface area contributed by atoms with E-state index < -0.39 is 28.0 Å². The Balaban J connectivity index is 2.10. The monoisotopic (exact) mass is 406 g/mol. The fraction of sp³-hybridized carbons (Fsp3) is 0.263. The quantitative estimate of drug-likeness (QED) is 0.707. The van der Waals surface area contributed by atoms with Gasteiger partial charge in [0.1, 0.15) is 11.3 Å². The molecule has 150 valence electrons. The minimum atomic E-state index is -3.64. The van der Waals surface area contributed by atoms with Crippen LogP contribution < -0.4 is 10.1 Å². The van der Waals surface area contributed by atoms with E-state index in [-0.39, 0.29) is 16.1 Å². The number of para-hydroxylation sites is 1. The molecule has 0 aliphatic heterocycles. The number of sulfonamides is 1. The summed E-state index contributed by atoms with van der Waals surface area (Å²) < 4.78 is 35.8. The van der Waals surface area contributed by atoms with Gasteiger partial charge in [0.25, 0.3) is 5.91 Å². The van der Waals surface area contributed by atoms with Crippen molar-refractivity contribution in [1.29, 1.82) is 0 Å². The highest BCUT2D eigenvalue weighted by molar-refractivity contribution is 7.89. The summed E-state index contributed by atoms with van der Waals surface area (Å²) in [5, 5.41) is 2.55. The van der Waals surface area contributed by atoms with Crippen LogP contribution in [0.25, 0.3) is 0 Å². The summed E-state index contributed by atoms with van der Waals surface area (Å²) in [4.78, 5) is 24.7. The van der Waals surface area contributed by atoms with E-state index in [0.29, 0.717) is 5.75 Å². The zero-order valence-corrected chi connectivity index (χ0v) is 16.8. The van der Waals surface area contributed by atoms with Crippen molar-refractivity contribution in [2.75, 3.05) is 26.5 Å². The number of rotatable bonds is 7. The maximum Gasteiger partial charge on any atom is 0.342 e. The molecule has 0 bridgehead atoms. The topological polar surface area (TPSA) is 102 Å². The number of ether oxygens (including phenoxy) is 2. The van der Waals surface area contributed by atoms with E-state index in [4.69, 9.17) is 9.47 Å². The van der Waals surface area contributed by atoms with Crippen molar-refractivity contribution in [2.45, 2.75) is 17.9 Å². The van der Waals surface area contributed by atoms with Crippen LogP contribution in [0.4, 0.5) is 5.69 Å². The van der Waals surface area contributed by atoms with E-state index in [1.165, 1.54) is 52.4 Å². The lowest BCUT2D eigenvalue weighted by molar-refractivity contribution is -0.123. The van der Waals surface area contributed by atoms with Crippen molar-refractivity contribution >= 4 is 27.6 Å². The van der Waals surface area contributed by atoms with Gasteiger partial charge in [-0.05, 0) is 37.3 Å². The zero-order valence-electron chi connectivity index (χ0n) is 16.0. The second kappa shape index (κ2) is 8.85.